The number of methoxy groups -OCH3 is 1. The van der Waals surface area contributed by atoms with Crippen molar-refractivity contribution in [2.75, 3.05) is 46.4 Å². The predicted molar refractivity (Wildman–Crippen MR) is 157 cm³/mol. The molecule has 0 unspecified atom stereocenters. The Hall–Kier alpha value is -3.69. The first-order chi connectivity index (χ1) is 19.6. The lowest BCUT2D eigenvalue weighted by Crippen LogP contribution is -2.48. The summed E-state index contributed by atoms with van der Waals surface area (Å²) in [5, 5.41) is 4.05. The van der Waals surface area contributed by atoms with Crippen molar-refractivity contribution in [2.24, 2.45) is 0 Å². The van der Waals surface area contributed by atoms with Crippen LogP contribution in [0, 0.1) is 0 Å². The normalized spacial score (nSPS) is 16.9. The van der Waals surface area contributed by atoms with Gasteiger partial charge in [0.25, 0.3) is 5.91 Å². The predicted octanol–water partition coefficient (Wildman–Crippen LogP) is 4.54. The number of thiazole rings is 1. The second kappa shape index (κ2) is 11.8. The molecule has 40 heavy (non-hydrogen) atoms. The zero-order valence-electron chi connectivity index (χ0n) is 22.8. The first kappa shape index (κ1) is 26.5. The second-order valence-electron chi connectivity index (χ2n) is 10.7. The fourth-order valence-corrected chi connectivity index (χ4v) is 6.73. The number of hydrogen-bond acceptors (Lipinski definition) is 6. The minimum absolute atomic E-state index is 0.0259. The van der Waals surface area contributed by atoms with Crippen molar-refractivity contribution < 1.29 is 14.3 Å². The van der Waals surface area contributed by atoms with Gasteiger partial charge in [0.1, 0.15) is 11.4 Å². The van der Waals surface area contributed by atoms with Crippen molar-refractivity contribution in [3.05, 3.63) is 81.9 Å². The van der Waals surface area contributed by atoms with Crippen molar-refractivity contribution in [2.45, 2.75) is 31.7 Å². The molecule has 2 aliphatic rings. The van der Waals surface area contributed by atoms with Crippen LogP contribution in [0.5, 0.6) is 5.75 Å². The van der Waals surface area contributed by atoms with E-state index >= 15 is 0 Å². The number of likely N-dealkylation sites (tertiary alicyclic amines) is 1. The third kappa shape index (κ3) is 5.76. The highest BCUT2D eigenvalue weighted by atomic mass is 32.1. The van der Waals surface area contributed by atoms with E-state index in [0.29, 0.717) is 31.1 Å². The fraction of sp³-hybridized carbons (Fsp3) is 0.387. The summed E-state index contributed by atoms with van der Waals surface area (Å²) in [4.78, 5) is 40.5. The molecule has 8 nitrogen and oxygen atoms in total. The number of hydrogen-bond donors (Lipinski definition) is 1. The number of aromatic amines is 1. The summed E-state index contributed by atoms with van der Waals surface area (Å²) in [5.74, 6) is 1.36. The van der Waals surface area contributed by atoms with Crippen LogP contribution in [0.25, 0.3) is 10.9 Å². The van der Waals surface area contributed by atoms with Crippen LogP contribution < -0.4 is 4.74 Å². The van der Waals surface area contributed by atoms with Crippen molar-refractivity contribution in [1.29, 1.82) is 0 Å². The third-order valence-electron chi connectivity index (χ3n) is 8.18. The van der Waals surface area contributed by atoms with Crippen molar-refractivity contribution in [1.82, 2.24) is 24.7 Å². The van der Waals surface area contributed by atoms with E-state index < -0.39 is 0 Å². The van der Waals surface area contributed by atoms with Crippen LogP contribution in [0.15, 0.2) is 60.1 Å². The molecule has 2 aliphatic heterocycles. The van der Waals surface area contributed by atoms with Crippen LogP contribution in [0.4, 0.5) is 0 Å². The number of para-hydroxylation sites is 1. The Kier molecular flexibility index (Phi) is 7.84. The van der Waals surface area contributed by atoms with E-state index in [2.05, 4.69) is 28.1 Å². The molecule has 0 aliphatic carbocycles. The van der Waals surface area contributed by atoms with Gasteiger partial charge in [-0.15, -0.1) is 11.3 Å². The molecule has 0 bridgehead atoms. The molecule has 208 valence electrons. The van der Waals surface area contributed by atoms with E-state index in [-0.39, 0.29) is 11.8 Å². The fourth-order valence-electron chi connectivity index (χ4n) is 5.76. The van der Waals surface area contributed by atoms with Crippen LogP contribution in [0.2, 0.25) is 0 Å². The number of benzene rings is 2. The topological polar surface area (TPSA) is 81.8 Å². The highest BCUT2D eigenvalue weighted by Gasteiger charge is 2.28. The number of rotatable bonds is 7. The molecule has 2 aromatic heterocycles. The summed E-state index contributed by atoms with van der Waals surface area (Å²) in [6, 6.07) is 16.3. The largest absolute Gasteiger partial charge is 0.497 e. The number of fused-ring (bicyclic) bond motifs is 1. The smallest absolute Gasteiger partial charge is 0.273 e. The van der Waals surface area contributed by atoms with Gasteiger partial charge < -0.3 is 19.5 Å². The maximum Gasteiger partial charge on any atom is 0.273 e. The maximum absolute atomic E-state index is 13.2. The Labute approximate surface area is 238 Å². The van der Waals surface area contributed by atoms with E-state index in [1.807, 2.05) is 51.7 Å². The highest BCUT2D eigenvalue weighted by Crippen LogP contribution is 2.31. The van der Waals surface area contributed by atoms with Crippen LogP contribution in [-0.2, 0) is 17.8 Å². The van der Waals surface area contributed by atoms with Crippen molar-refractivity contribution in [3.8, 4) is 5.75 Å². The van der Waals surface area contributed by atoms with Crippen molar-refractivity contribution >= 4 is 34.1 Å². The van der Waals surface area contributed by atoms with Gasteiger partial charge in [0.05, 0.1) is 18.5 Å². The van der Waals surface area contributed by atoms with E-state index in [1.165, 1.54) is 5.56 Å². The van der Waals surface area contributed by atoms with Crippen LogP contribution in [0.3, 0.4) is 0 Å². The standard InChI is InChI=1S/C31H35N5O3S/c1-39-25-8-6-22(7-9-25)20-34-14-16-36(17-15-34)31(38)28-21-40-30(33-28)23-10-12-35(13-11-23)29(37)18-24-19-32-27-5-3-2-4-26(24)27/h2-9,19,21,23,32H,10-18,20H2,1H3. The van der Waals surface area contributed by atoms with Gasteiger partial charge >= 0.3 is 0 Å². The average molecular weight is 558 g/mol. The zero-order valence-corrected chi connectivity index (χ0v) is 23.7. The van der Waals surface area contributed by atoms with Crippen LogP contribution in [0.1, 0.15) is 45.4 Å². The molecule has 0 radical (unpaired) electrons. The van der Waals surface area contributed by atoms with Crippen LogP contribution in [-0.4, -0.2) is 82.9 Å². The molecule has 0 spiro atoms. The number of piperazine rings is 1. The molecule has 4 heterocycles. The van der Waals surface area contributed by atoms with Gasteiger partial charge in [-0.1, -0.05) is 30.3 Å². The lowest BCUT2D eigenvalue weighted by atomic mass is 9.97. The molecule has 0 saturated carbocycles. The molecule has 4 aromatic rings. The van der Waals surface area contributed by atoms with Gasteiger partial charge in [-0.2, -0.15) is 0 Å². The summed E-state index contributed by atoms with van der Waals surface area (Å²) in [6.45, 7) is 5.43. The summed E-state index contributed by atoms with van der Waals surface area (Å²) in [5.41, 5.74) is 3.91. The van der Waals surface area contributed by atoms with E-state index in [9.17, 15) is 9.59 Å². The van der Waals surface area contributed by atoms with E-state index in [0.717, 1.165) is 72.8 Å². The maximum atomic E-state index is 13.2. The zero-order chi connectivity index (χ0) is 27.5. The first-order valence-corrected chi connectivity index (χ1v) is 14.9. The molecule has 9 heteroatoms. The number of amides is 2. The highest BCUT2D eigenvalue weighted by molar-refractivity contribution is 7.09. The Morgan fingerprint density at radius 2 is 1.73 bits per heavy atom. The number of aromatic nitrogens is 2. The molecule has 6 rings (SSSR count). The second-order valence-corrected chi connectivity index (χ2v) is 11.6. The number of nitrogens with one attached hydrogen (secondary N) is 1. The molecular weight excluding hydrogens is 522 g/mol. The molecule has 2 saturated heterocycles. The number of carbonyl (C=O) groups excluding carboxylic acids is 2. The monoisotopic (exact) mass is 557 g/mol. The number of nitrogens with zero attached hydrogens (tertiary/aromatic N) is 4. The summed E-state index contributed by atoms with van der Waals surface area (Å²) >= 11 is 1.58. The first-order valence-electron chi connectivity index (χ1n) is 14.0. The van der Waals surface area contributed by atoms with Gasteiger partial charge in [-0.3, -0.25) is 14.5 Å². The minimum atomic E-state index is 0.0259. The summed E-state index contributed by atoms with van der Waals surface area (Å²) < 4.78 is 5.25. The minimum Gasteiger partial charge on any atom is -0.497 e. The lowest BCUT2D eigenvalue weighted by molar-refractivity contribution is -0.131. The Morgan fingerprint density at radius 1 is 0.975 bits per heavy atom. The number of carbonyl (C=O) groups is 2. The molecule has 2 aromatic carbocycles. The Bertz CT molecular complexity index is 1460. The van der Waals surface area contributed by atoms with Crippen LogP contribution >= 0.6 is 11.3 Å². The molecule has 1 N–H and O–H groups in total. The molecule has 2 fully saturated rings. The molecular formula is C31H35N5O3S. The van der Waals surface area contributed by atoms with E-state index in [1.54, 1.807) is 18.4 Å². The number of piperidine rings is 1. The average Bonchev–Trinajstić information content (AvgIpc) is 3.66. The van der Waals surface area contributed by atoms with Crippen molar-refractivity contribution in [3.63, 3.8) is 0 Å². The quantitative estimate of drug-likeness (QED) is 0.361. The Morgan fingerprint density at radius 3 is 2.48 bits per heavy atom. The molecule has 2 amide bonds. The third-order valence-corrected chi connectivity index (χ3v) is 9.19. The van der Waals surface area contributed by atoms with Gasteiger partial charge in [0.2, 0.25) is 5.91 Å². The summed E-state index contributed by atoms with van der Waals surface area (Å²) in [7, 11) is 1.68. The lowest BCUT2D eigenvalue weighted by Gasteiger charge is -2.34. The summed E-state index contributed by atoms with van der Waals surface area (Å²) in [6.07, 6.45) is 4.12. The van der Waals surface area contributed by atoms with Gasteiger partial charge in [0, 0.05) is 74.2 Å². The number of H-pyrrole nitrogens is 1. The van der Waals surface area contributed by atoms with Gasteiger partial charge in [-0.25, -0.2) is 4.98 Å². The molecule has 0 atom stereocenters. The number of ether oxygens (including phenoxy) is 1. The van der Waals surface area contributed by atoms with Gasteiger partial charge in [0.15, 0.2) is 0 Å². The SMILES string of the molecule is COc1ccc(CN2CCN(C(=O)c3csc(C4CCN(C(=O)Cc5c[nH]c6ccccc56)CC4)n3)CC2)cc1. The van der Waals surface area contributed by atoms with Gasteiger partial charge in [-0.05, 0) is 42.2 Å². The van der Waals surface area contributed by atoms with E-state index in [4.69, 9.17) is 9.72 Å². The Balaban J connectivity index is 0.978.